The van der Waals surface area contributed by atoms with Gasteiger partial charge in [-0.3, -0.25) is 19.8 Å². The lowest BCUT2D eigenvalue weighted by Crippen LogP contribution is -2.47. The fourth-order valence-electron chi connectivity index (χ4n) is 11.4. The number of alkyl halides is 2. The lowest BCUT2D eigenvalue weighted by Gasteiger charge is -2.38. The van der Waals surface area contributed by atoms with Crippen LogP contribution in [0.25, 0.3) is 16.5 Å². The van der Waals surface area contributed by atoms with Gasteiger partial charge in [-0.1, -0.05) is 121 Å². The van der Waals surface area contributed by atoms with E-state index in [0.29, 0.717) is 85.4 Å². The van der Waals surface area contributed by atoms with Gasteiger partial charge < -0.3 is 19.7 Å². The zero-order valence-electron chi connectivity index (χ0n) is 43.6. The maximum atomic E-state index is 15.0. The Kier molecular flexibility index (Phi) is 15.5. The molecule has 3 heterocycles. The number of halogens is 3. The first-order valence-corrected chi connectivity index (χ1v) is 28.6. The number of ether oxygens (including phenoxy) is 2. The summed E-state index contributed by atoms with van der Waals surface area (Å²) in [5, 5.41) is 21.8. The SMILES string of the molecule is O=C(NS(=O)(=O)c1ccc(NCC2CCOCC2)c([N+](=O)[O-])c1)c1ccc(N2CCN(CC3=C(c4ccc(Cl)cc4)CCC(F)(F)C3)CC2)cc1Oc1cccc2c1cnn2C(c1ccccc1)(c1ccccc1)c1ccccc1. The predicted molar refractivity (Wildman–Crippen MR) is 306 cm³/mol. The average molecular weight is 1120 g/mol. The molecule has 0 spiro atoms. The van der Waals surface area contributed by atoms with Crippen LogP contribution in [0.4, 0.5) is 25.8 Å². The van der Waals surface area contributed by atoms with Crippen LogP contribution in [0.5, 0.6) is 11.5 Å². The van der Waals surface area contributed by atoms with E-state index in [-0.39, 0.29) is 42.2 Å². The summed E-state index contributed by atoms with van der Waals surface area (Å²) in [6, 6.07) is 51.5. The van der Waals surface area contributed by atoms with Gasteiger partial charge in [0.25, 0.3) is 27.5 Å². The first-order valence-electron chi connectivity index (χ1n) is 26.7. The number of fused-ring (bicyclic) bond motifs is 1. The van der Waals surface area contributed by atoms with Crippen LogP contribution in [0, 0.1) is 16.0 Å². The van der Waals surface area contributed by atoms with Gasteiger partial charge in [0.15, 0.2) is 0 Å². The summed E-state index contributed by atoms with van der Waals surface area (Å²) < 4.78 is 74.7. The van der Waals surface area contributed by atoms with E-state index < -0.39 is 42.9 Å². The molecule has 0 saturated carbocycles. The maximum Gasteiger partial charge on any atom is 0.293 e. The number of nitrogens with one attached hydrogen (secondary N) is 2. The number of aromatic nitrogens is 2. The lowest BCUT2D eigenvalue weighted by atomic mass is 9.77. The number of nitro groups is 1. The van der Waals surface area contributed by atoms with Crippen LogP contribution in [-0.4, -0.2) is 92.3 Å². The maximum absolute atomic E-state index is 15.0. The van der Waals surface area contributed by atoms with Crippen molar-refractivity contribution >= 4 is 61.1 Å². The second kappa shape index (κ2) is 23.0. The Morgan fingerprint density at radius 2 is 1.45 bits per heavy atom. The van der Waals surface area contributed by atoms with Crippen LogP contribution in [0.2, 0.25) is 5.02 Å². The molecule has 1 aromatic heterocycles. The molecule has 7 aromatic carbocycles. The van der Waals surface area contributed by atoms with Crippen molar-refractivity contribution in [2.75, 3.05) is 62.7 Å². The van der Waals surface area contributed by atoms with Crippen molar-refractivity contribution in [1.29, 1.82) is 0 Å². The number of amides is 1. The van der Waals surface area contributed by atoms with Crippen LogP contribution in [0.3, 0.4) is 0 Å². The normalized spacial score (nSPS) is 16.4. The highest BCUT2D eigenvalue weighted by Gasteiger charge is 2.41. The Balaban J connectivity index is 0.933. The Hall–Kier alpha value is -7.96. The molecule has 2 saturated heterocycles. The molecule has 80 heavy (non-hydrogen) atoms. The number of carbonyl (C=O) groups excluding carboxylic acids is 1. The smallest absolute Gasteiger partial charge is 0.293 e. The zero-order chi connectivity index (χ0) is 55.4. The van der Waals surface area contributed by atoms with Crippen LogP contribution in [-0.2, 0) is 20.3 Å². The largest absolute Gasteiger partial charge is 0.456 e. The van der Waals surface area contributed by atoms with Gasteiger partial charge in [0.2, 0.25) is 0 Å². The van der Waals surface area contributed by atoms with Crippen molar-refractivity contribution in [3.8, 4) is 11.5 Å². The molecule has 2 fully saturated rings. The van der Waals surface area contributed by atoms with Crippen molar-refractivity contribution in [3.63, 3.8) is 0 Å². The zero-order valence-corrected chi connectivity index (χ0v) is 45.2. The van der Waals surface area contributed by atoms with Crippen molar-refractivity contribution in [2.45, 2.75) is 48.5 Å². The quantitative estimate of drug-likeness (QED) is 0.0507. The summed E-state index contributed by atoms with van der Waals surface area (Å²) in [4.78, 5) is 30.1. The van der Waals surface area contributed by atoms with Crippen LogP contribution >= 0.6 is 11.6 Å². The minimum absolute atomic E-state index is 0.0270. The topological polar surface area (TPSA) is 161 Å². The lowest BCUT2D eigenvalue weighted by molar-refractivity contribution is -0.384. The number of benzene rings is 7. The Labute approximate surface area is 467 Å². The van der Waals surface area contributed by atoms with E-state index in [1.54, 1.807) is 36.5 Å². The standard InChI is InChI=1S/C62H58ClF2N7O7S/c63-49-21-19-44(20-22-49)52-27-30-61(64,65)39-45(52)42-69-31-33-70(34-32-69)50-23-25-53(60(73)68-80(76,77)51-24-26-55(57(38-51)72(74)75)66-40-43-28-35-78-36-29-43)59(37-50)79-58-18-10-17-56-54(58)41-67-71(56)62(46-11-4-1-5-12-46,47-13-6-2-7-14-47)48-15-8-3-9-16-48/h1-26,37-38,41,43,66H,27-36,39-40,42H2,(H,68,73). The fraction of sp³-hybridized carbons (Fsp3) is 0.258. The number of nitrogens with zero attached hydrogens (tertiary/aromatic N) is 5. The van der Waals surface area contributed by atoms with E-state index in [1.165, 1.54) is 18.2 Å². The number of hydrogen-bond donors (Lipinski definition) is 2. The van der Waals surface area contributed by atoms with E-state index in [2.05, 4.69) is 56.2 Å². The van der Waals surface area contributed by atoms with Gasteiger partial charge in [0.05, 0.1) is 32.5 Å². The minimum atomic E-state index is -4.70. The third-order valence-corrected chi connectivity index (χ3v) is 17.1. The van der Waals surface area contributed by atoms with Gasteiger partial charge in [0.1, 0.15) is 22.7 Å². The molecule has 1 amide bonds. The van der Waals surface area contributed by atoms with E-state index in [1.807, 2.05) is 83.5 Å². The molecule has 14 nitrogen and oxygen atoms in total. The second-order valence-electron chi connectivity index (χ2n) is 20.5. The number of sulfonamides is 1. The second-order valence-corrected chi connectivity index (χ2v) is 22.6. The molecule has 18 heteroatoms. The van der Waals surface area contributed by atoms with Gasteiger partial charge in [-0.15, -0.1) is 0 Å². The molecule has 3 aliphatic rings. The van der Waals surface area contributed by atoms with Crippen LogP contribution in [0.1, 0.15) is 64.7 Å². The van der Waals surface area contributed by atoms with Gasteiger partial charge >= 0.3 is 0 Å². The first-order chi connectivity index (χ1) is 38.8. The van der Waals surface area contributed by atoms with E-state index >= 15 is 8.78 Å². The number of piperazine rings is 1. The number of allylic oxidation sites excluding steroid dienone is 1. The number of hydrogen-bond acceptors (Lipinski definition) is 11. The molecule has 0 bridgehead atoms. The Morgan fingerprint density at radius 1 is 0.800 bits per heavy atom. The monoisotopic (exact) mass is 1120 g/mol. The summed E-state index contributed by atoms with van der Waals surface area (Å²) in [5.74, 6) is -3.26. The highest BCUT2D eigenvalue weighted by Crippen LogP contribution is 2.45. The van der Waals surface area contributed by atoms with Gasteiger partial charge in [-0.05, 0) is 107 Å². The number of carbonyl (C=O) groups is 1. The molecule has 410 valence electrons. The summed E-state index contributed by atoms with van der Waals surface area (Å²) in [5.41, 5.74) is 5.31. The van der Waals surface area contributed by atoms with Crippen LogP contribution in [0.15, 0.2) is 187 Å². The molecular formula is C62H58ClF2N7O7S. The summed E-state index contributed by atoms with van der Waals surface area (Å²) >= 11 is 6.19. The first kappa shape index (κ1) is 54.0. The van der Waals surface area contributed by atoms with Crippen LogP contribution < -0.4 is 19.7 Å². The molecule has 0 radical (unpaired) electrons. The molecule has 2 aliphatic heterocycles. The molecule has 1 aliphatic carbocycles. The molecule has 0 atom stereocenters. The van der Waals surface area contributed by atoms with E-state index in [4.69, 9.17) is 26.2 Å². The summed E-state index contributed by atoms with van der Waals surface area (Å²) in [7, 11) is -4.70. The molecule has 11 rings (SSSR count). The van der Waals surface area contributed by atoms with Crippen molar-refractivity contribution in [2.24, 2.45) is 5.92 Å². The Bertz CT molecular complexity index is 3590. The van der Waals surface area contributed by atoms with Gasteiger partial charge in [-0.25, -0.2) is 26.6 Å². The number of rotatable bonds is 17. The number of anilines is 2. The molecular weight excluding hydrogens is 1060 g/mol. The highest BCUT2D eigenvalue weighted by molar-refractivity contribution is 7.90. The highest BCUT2D eigenvalue weighted by atomic mass is 35.5. The summed E-state index contributed by atoms with van der Waals surface area (Å²) in [6.07, 6.45) is 3.01. The third kappa shape index (κ3) is 11.3. The molecule has 8 aromatic rings. The number of nitro benzene ring substituents is 1. The molecule has 2 N–H and O–H groups in total. The van der Waals surface area contributed by atoms with Gasteiger partial charge in [-0.2, -0.15) is 5.10 Å². The van der Waals surface area contributed by atoms with Gasteiger partial charge in [0, 0.05) is 88.2 Å². The van der Waals surface area contributed by atoms with Crippen molar-refractivity contribution < 1.29 is 36.4 Å². The Morgan fingerprint density at radius 3 is 2.09 bits per heavy atom. The van der Waals surface area contributed by atoms with E-state index in [0.717, 1.165) is 46.7 Å². The average Bonchev–Trinajstić information content (AvgIpc) is 3.64. The predicted octanol–water partition coefficient (Wildman–Crippen LogP) is 12.6. The van der Waals surface area contributed by atoms with E-state index in [9.17, 15) is 23.3 Å². The molecule has 0 unspecified atom stereocenters. The third-order valence-electron chi connectivity index (χ3n) is 15.5. The minimum Gasteiger partial charge on any atom is -0.456 e. The van der Waals surface area contributed by atoms with Crippen molar-refractivity contribution in [1.82, 2.24) is 19.4 Å². The van der Waals surface area contributed by atoms with Crippen molar-refractivity contribution in [3.05, 3.63) is 225 Å². The fourth-order valence-corrected chi connectivity index (χ4v) is 12.5. The summed E-state index contributed by atoms with van der Waals surface area (Å²) in [6.45, 7) is 4.09.